The summed E-state index contributed by atoms with van der Waals surface area (Å²) in [7, 11) is 3.04. The SMILES string of the molecule is C=C/C=C(\C=C/C)C(/CC(Br)CC)=C(/NC)c1c(F)cc(OC)cc1F. The van der Waals surface area contributed by atoms with Crippen molar-refractivity contribution in [1.29, 1.82) is 0 Å². The summed E-state index contributed by atoms with van der Waals surface area (Å²) >= 11 is 3.63. The molecule has 142 valence electrons. The van der Waals surface area contributed by atoms with E-state index in [1.807, 2.05) is 25.2 Å². The first-order chi connectivity index (χ1) is 12.4. The second-order valence-electron chi connectivity index (χ2n) is 5.64. The highest BCUT2D eigenvalue weighted by Gasteiger charge is 2.21. The molecule has 0 saturated heterocycles. The number of allylic oxidation sites excluding steroid dienone is 6. The van der Waals surface area contributed by atoms with Gasteiger partial charge in [0, 0.05) is 24.0 Å². The van der Waals surface area contributed by atoms with Gasteiger partial charge in [-0.15, -0.1) is 0 Å². The molecule has 1 rings (SSSR count). The molecule has 0 amide bonds. The van der Waals surface area contributed by atoms with Gasteiger partial charge in [0.25, 0.3) is 0 Å². The van der Waals surface area contributed by atoms with Crippen molar-refractivity contribution in [3.63, 3.8) is 0 Å². The van der Waals surface area contributed by atoms with E-state index in [0.29, 0.717) is 12.1 Å². The number of rotatable bonds is 9. The number of hydrogen-bond donors (Lipinski definition) is 1. The van der Waals surface area contributed by atoms with Crippen LogP contribution in [0.3, 0.4) is 0 Å². The Hall–Kier alpha value is -1.88. The van der Waals surface area contributed by atoms with Crippen LogP contribution in [-0.4, -0.2) is 19.0 Å². The van der Waals surface area contributed by atoms with Crippen LogP contribution in [0.25, 0.3) is 5.70 Å². The van der Waals surface area contributed by atoms with Crippen molar-refractivity contribution < 1.29 is 13.5 Å². The van der Waals surface area contributed by atoms with E-state index < -0.39 is 11.6 Å². The molecule has 0 spiro atoms. The first-order valence-electron chi connectivity index (χ1n) is 8.47. The molecule has 0 aliphatic rings. The minimum atomic E-state index is -0.676. The van der Waals surface area contributed by atoms with Crippen LogP contribution in [0.5, 0.6) is 5.75 Å². The average Bonchev–Trinajstić information content (AvgIpc) is 2.62. The summed E-state index contributed by atoms with van der Waals surface area (Å²) in [4.78, 5) is 0.170. The lowest BCUT2D eigenvalue weighted by molar-refractivity contribution is 0.406. The summed E-state index contributed by atoms with van der Waals surface area (Å²) in [6.45, 7) is 7.70. The highest BCUT2D eigenvalue weighted by Crippen LogP contribution is 2.33. The molecule has 26 heavy (non-hydrogen) atoms. The predicted octanol–water partition coefficient (Wildman–Crippen LogP) is 6.16. The van der Waals surface area contributed by atoms with Gasteiger partial charge in [-0.1, -0.05) is 53.7 Å². The first-order valence-corrected chi connectivity index (χ1v) is 9.39. The molecule has 1 atom stereocenters. The highest BCUT2D eigenvalue weighted by atomic mass is 79.9. The average molecular weight is 426 g/mol. The van der Waals surface area contributed by atoms with E-state index in [1.165, 1.54) is 19.2 Å². The predicted molar refractivity (Wildman–Crippen MR) is 110 cm³/mol. The summed E-state index contributed by atoms with van der Waals surface area (Å²) in [6, 6.07) is 2.37. The lowest BCUT2D eigenvalue weighted by Crippen LogP contribution is -2.15. The number of hydrogen-bond acceptors (Lipinski definition) is 2. The normalized spacial score (nSPS) is 14.2. The van der Waals surface area contributed by atoms with E-state index in [4.69, 9.17) is 4.74 Å². The number of ether oxygens (including phenoxy) is 1. The van der Waals surface area contributed by atoms with Crippen LogP contribution in [0.4, 0.5) is 8.78 Å². The van der Waals surface area contributed by atoms with Gasteiger partial charge in [0.05, 0.1) is 18.4 Å². The highest BCUT2D eigenvalue weighted by molar-refractivity contribution is 9.09. The molecule has 1 aromatic rings. The smallest absolute Gasteiger partial charge is 0.139 e. The minimum Gasteiger partial charge on any atom is -0.497 e. The van der Waals surface area contributed by atoms with Crippen molar-refractivity contribution in [2.24, 2.45) is 0 Å². The van der Waals surface area contributed by atoms with Gasteiger partial charge in [0.2, 0.25) is 0 Å². The fourth-order valence-corrected chi connectivity index (χ4v) is 2.95. The molecule has 5 heteroatoms. The molecule has 0 aliphatic carbocycles. The van der Waals surface area contributed by atoms with Gasteiger partial charge in [-0.2, -0.15) is 0 Å². The van der Waals surface area contributed by atoms with Crippen LogP contribution in [0.1, 0.15) is 32.3 Å². The van der Waals surface area contributed by atoms with Gasteiger partial charge < -0.3 is 10.1 Å². The Morgan fingerprint density at radius 1 is 1.35 bits per heavy atom. The van der Waals surface area contributed by atoms with Crippen LogP contribution in [0.2, 0.25) is 0 Å². The molecule has 0 aromatic heterocycles. The number of alkyl halides is 1. The zero-order chi connectivity index (χ0) is 19.7. The Labute approximate surface area is 163 Å². The van der Waals surface area contributed by atoms with E-state index in [2.05, 4.69) is 34.7 Å². The van der Waals surface area contributed by atoms with E-state index in [9.17, 15) is 8.78 Å². The molecule has 0 aliphatic heterocycles. The second-order valence-corrected chi connectivity index (χ2v) is 6.93. The zero-order valence-electron chi connectivity index (χ0n) is 15.7. The standard InChI is InChI=1S/C21H26BrF2NO/c1-6-9-14(10-7-2)17(11-15(22)8-3)21(25-4)20-18(23)12-16(26-5)13-19(20)24/h6-7,9-10,12-13,15,25H,1,8,11H2,2-5H3/b10-7-,14-9+,21-17+. The van der Waals surface area contributed by atoms with Crippen molar-refractivity contribution in [3.8, 4) is 5.75 Å². The Bertz CT molecular complexity index is 700. The van der Waals surface area contributed by atoms with E-state index >= 15 is 0 Å². The fourth-order valence-electron chi connectivity index (χ4n) is 2.63. The third kappa shape index (κ3) is 5.56. The van der Waals surface area contributed by atoms with Gasteiger partial charge >= 0.3 is 0 Å². The van der Waals surface area contributed by atoms with Crippen molar-refractivity contribution in [2.75, 3.05) is 14.2 Å². The van der Waals surface area contributed by atoms with Gasteiger partial charge in [0.1, 0.15) is 17.4 Å². The maximum atomic E-state index is 14.7. The maximum Gasteiger partial charge on any atom is 0.139 e. The molecule has 0 saturated carbocycles. The number of methoxy groups -OCH3 is 1. The summed E-state index contributed by atoms with van der Waals surface area (Å²) in [6.07, 6.45) is 8.77. The molecule has 0 bridgehead atoms. The zero-order valence-corrected chi connectivity index (χ0v) is 17.3. The second kappa shape index (κ2) is 11.0. The quantitative estimate of drug-likeness (QED) is 0.378. The van der Waals surface area contributed by atoms with Crippen molar-refractivity contribution in [1.82, 2.24) is 5.32 Å². The molecule has 0 heterocycles. The number of benzene rings is 1. The largest absolute Gasteiger partial charge is 0.497 e. The molecule has 1 unspecified atom stereocenters. The lowest BCUT2D eigenvalue weighted by atomic mass is 9.93. The third-order valence-electron chi connectivity index (χ3n) is 3.91. The van der Waals surface area contributed by atoms with Crippen LogP contribution in [-0.2, 0) is 0 Å². The van der Waals surface area contributed by atoms with Gasteiger partial charge in [-0.05, 0) is 30.9 Å². The van der Waals surface area contributed by atoms with Gasteiger partial charge in [0.15, 0.2) is 0 Å². The Balaban J connectivity index is 3.76. The van der Waals surface area contributed by atoms with Gasteiger partial charge in [-0.3, -0.25) is 0 Å². The fraction of sp³-hybridized carbons (Fsp3) is 0.333. The van der Waals surface area contributed by atoms with E-state index in [-0.39, 0.29) is 16.1 Å². The molecule has 0 fully saturated rings. The lowest BCUT2D eigenvalue weighted by Gasteiger charge is -2.20. The Morgan fingerprint density at radius 2 is 1.96 bits per heavy atom. The molecular weight excluding hydrogens is 400 g/mol. The van der Waals surface area contributed by atoms with Crippen LogP contribution in [0, 0.1) is 11.6 Å². The Morgan fingerprint density at radius 3 is 2.38 bits per heavy atom. The summed E-state index contributed by atoms with van der Waals surface area (Å²) in [5, 5.41) is 2.99. The number of halogens is 3. The van der Waals surface area contributed by atoms with E-state index in [0.717, 1.165) is 17.6 Å². The molecule has 2 nitrogen and oxygen atoms in total. The topological polar surface area (TPSA) is 21.3 Å². The first kappa shape index (κ1) is 22.2. The van der Waals surface area contributed by atoms with Crippen LogP contribution >= 0.6 is 15.9 Å². The Kier molecular flexibility index (Phi) is 9.35. The molecular formula is C21H26BrF2NO. The third-order valence-corrected chi connectivity index (χ3v) is 4.89. The summed E-state index contributed by atoms with van der Waals surface area (Å²) in [5.74, 6) is -1.21. The maximum absolute atomic E-state index is 14.7. The van der Waals surface area contributed by atoms with Gasteiger partial charge in [-0.25, -0.2) is 8.78 Å². The van der Waals surface area contributed by atoms with Crippen LogP contribution < -0.4 is 10.1 Å². The van der Waals surface area contributed by atoms with E-state index in [1.54, 1.807) is 13.1 Å². The van der Waals surface area contributed by atoms with Crippen molar-refractivity contribution in [3.05, 3.63) is 71.4 Å². The minimum absolute atomic E-state index is 0.0985. The summed E-state index contributed by atoms with van der Waals surface area (Å²) < 4.78 is 34.3. The number of nitrogens with one attached hydrogen (secondary N) is 1. The van der Waals surface area contributed by atoms with Crippen molar-refractivity contribution >= 4 is 21.6 Å². The molecule has 0 radical (unpaired) electrons. The van der Waals surface area contributed by atoms with Crippen molar-refractivity contribution in [2.45, 2.75) is 31.5 Å². The molecule has 1 aromatic carbocycles. The molecule has 1 N–H and O–H groups in total. The monoisotopic (exact) mass is 425 g/mol. The van der Waals surface area contributed by atoms with Crippen LogP contribution in [0.15, 0.2) is 54.2 Å². The summed E-state index contributed by atoms with van der Waals surface area (Å²) in [5.41, 5.74) is 1.96.